The topological polar surface area (TPSA) is 107 Å². The number of hydrogen-bond donors (Lipinski definition) is 3. The van der Waals surface area contributed by atoms with E-state index in [0.717, 1.165) is 12.1 Å². The number of fused-ring (bicyclic) bond motifs is 1. The van der Waals surface area contributed by atoms with Gasteiger partial charge in [-0.3, -0.25) is 9.59 Å². The maximum Gasteiger partial charge on any atom is 0.261 e. The van der Waals surface area contributed by atoms with Crippen LogP contribution in [0.15, 0.2) is 21.1 Å². The molecule has 7 heteroatoms. The number of aryl methyl sites for hydroxylation is 1. The molecule has 24 heavy (non-hydrogen) atoms. The summed E-state index contributed by atoms with van der Waals surface area (Å²) in [4.78, 5) is 27.1. The summed E-state index contributed by atoms with van der Waals surface area (Å²) in [5, 5.41) is 20.8. The zero-order valence-corrected chi connectivity index (χ0v) is 13.3. The van der Waals surface area contributed by atoms with Crippen molar-refractivity contribution in [2.75, 3.05) is 6.54 Å². The number of carbonyl (C=O) groups excluding carboxylic acids is 1. The number of terminal acetylenes is 1. The highest BCUT2D eigenvalue weighted by molar-refractivity contribution is 5.94. The number of aliphatic hydroxyl groups is 1. The lowest BCUT2D eigenvalue weighted by molar-refractivity contribution is 0.0949. The Kier molecular flexibility index (Phi) is 4.49. The minimum Gasteiger partial charge on any atom is -0.388 e. The molecule has 7 nitrogen and oxygen atoms in total. The number of amides is 1. The van der Waals surface area contributed by atoms with E-state index in [9.17, 15) is 14.7 Å². The Morgan fingerprint density at radius 1 is 1.50 bits per heavy atom. The number of aromatic nitrogens is 1. The zero-order chi connectivity index (χ0) is 17.2. The molecular weight excluding hydrogens is 308 g/mol. The molecule has 1 aromatic rings. The molecule has 0 bridgehead atoms. The predicted octanol–water partition coefficient (Wildman–Crippen LogP) is 1.44. The molecule has 1 aliphatic carbocycles. The largest absolute Gasteiger partial charge is 0.388 e. The van der Waals surface area contributed by atoms with E-state index in [-0.39, 0.29) is 5.56 Å². The Morgan fingerprint density at radius 2 is 2.29 bits per heavy atom. The second-order valence-electron chi connectivity index (χ2n) is 6.25. The van der Waals surface area contributed by atoms with E-state index in [1.807, 2.05) is 0 Å². The van der Waals surface area contributed by atoms with Crippen molar-refractivity contribution in [3.05, 3.63) is 33.2 Å². The summed E-state index contributed by atoms with van der Waals surface area (Å²) < 4.78 is 0. The number of aliphatic hydroxyl groups excluding tert-OH is 1. The number of H-pyrrole nitrogens is 1. The van der Waals surface area contributed by atoms with Gasteiger partial charge in [0.25, 0.3) is 11.5 Å². The molecule has 0 saturated heterocycles. The second kappa shape index (κ2) is 6.57. The molecule has 0 saturated carbocycles. The Balaban J connectivity index is 1.62. The number of nitrogens with one attached hydrogen (secondary N) is 2. The van der Waals surface area contributed by atoms with Crippen LogP contribution in [0.4, 0.5) is 0 Å². The first-order valence-corrected chi connectivity index (χ1v) is 8.14. The first kappa shape index (κ1) is 16.4. The number of nitrogens with zero attached hydrogens (tertiary/aromatic N) is 2. The van der Waals surface area contributed by atoms with Crippen LogP contribution in [0, 0.1) is 12.3 Å². The van der Waals surface area contributed by atoms with E-state index in [1.54, 1.807) is 0 Å². The van der Waals surface area contributed by atoms with Gasteiger partial charge in [-0.2, -0.15) is 10.2 Å². The molecule has 1 aliphatic heterocycles. The molecule has 0 aromatic carbocycles. The summed E-state index contributed by atoms with van der Waals surface area (Å²) >= 11 is 0. The van der Waals surface area contributed by atoms with E-state index >= 15 is 0 Å². The van der Waals surface area contributed by atoms with Gasteiger partial charge in [-0.25, -0.2) is 0 Å². The third-order valence-electron chi connectivity index (χ3n) is 4.53. The standard InChI is InChI=1S/C17H20N4O3/c1-2-3-7-17(20-21-17)8-9-18-15(23)12-10-11-13(19-16(12)24)5-4-6-14(11)22/h1,10,14,22H,3-9H2,(H,18,23)(H,19,24). The van der Waals surface area contributed by atoms with Crippen LogP contribution < -0.4 is 10.9 Å². The second-order valence-corrected chi connectivity index (χ2v) is 6.25. The van der Waals surface area contributed by atoms with Gasteiger partial charge >= 0.3 is 0 Å². The Hall–Kier alpha value is -2.46. The normalized spacial score (nSPS) is 20.1. The van der Waals surface area contributed by atoms with Gasteiger partial charge in [-0.15, -0.1) is 12.3 Å². The monoisotopic (exact) mass is 328 g/mol. The lowest BCUT2D eigenvalue weighted by Gasteiger charge is -2.21. The minimum atomic E-state index is -0.631. The lowest BCUT2D eigenvalue weighted by Crippen LogP contribution is -2.33. The first-order chi connectivity index (χ1) is 11.5. The fraction of sp³-hybridized carbons (Fsp3) is 0.529. The number of pyridine rings is 1. The Bertz CT molecular complexity index is 769. The molecule has 2 heterocycles. The van der Waals surface area contributed by atoms with Gasteiger partial charge < -0.3 is 15.4 Å². The molecule has 0 radical (unpaired) electrons. The highest BCUT2D eigenvalue weighted by Crippen LogP contribution is 2.36. The summed E-state index contributed by atoms with van der Waals surface area (Å²) in [6.45, 7) is 0.357. The summed E-state index contributed by atoms with van der Waals surface area (Å²) in [7, 11) is 0. The van der Waals surface area contributed by atoms with Crippen LogP contribution in [0.25, 0.3) is 0 Å². The van der Waals surface area contributed by atoms with Crippen LogP contribution in [0.1, 0.15) is 59.8 Å². The minimum absolute atomic E-state index is 0.0250. The summed E-state index contributed by atoms with van der Waals surface area (Å²) in [5.74, 6) is 2.10. The molecule has 3 rings (SSSR count). The highest BCUT2D eigenvalue weighted by Gasteiger charge is 2.38. The molecule has 3 N–H and O–H groups in total. The third kappa shape index (κ3) is 3.39. The number of aromatic amines is 1. The van der Waals surface area contributed by atoms with Crippen molar-refractivity contribution in [3.63, 3.8) is 0 Å². The average Bonchev–Trinajstić information content (AvgIpc) is 3.33. The quantitative estimate of drug-likeness (QED) is 0.688. The van der Waals surface area contributed by atoms with E-state index < -0.39 is 23.2 Å². The predicted molar refractivity (Wildman–Crippen MR) is 87.6 cm³/mol. The summed E-state index contributed by atoms with van der Waals surface area (Å²) in [6, 6.07) is 1.51. The van der Waals surface area contributed by atoms with E-state index in [0.29, 0.717) is 44.2 Å². The van der Waals surface area contributed by atoms with Crippen LogP contribution in [-0.4, -0.2) is 28.2 Å². The third-order valence-corrected chi connectivity index (χ3v) is 4.53. The van der Waals surface area contributed by atoms with Gasteiger partial charge in [0.15, 0.2) is 5.66 Å². The summed E-state index contributed by atoms with van der Waals surface area (Å²) in [5.41, 5.74) is 0.501. The molecule has 1 atom stereocenters. The molecule has 1 amide bonds. The molecule has 0 spiro atoms. The van der Waals surface area contributed by atoms with Crippen molar-refractivity contribution in [1.82, 2.24) is 10.3 Å². The SMILES string of the molecule is C#CCCC1(CCNC(=O)c2cc3c([nH]c2=O)CCCC3O)N=N1. The number of carbonyl (C=O) groups is 1. The molecule has 1 aromatic heterocycles. The van der Waals surface area contributed by atoms with Crippen LogP contribution in [0.5, 0.6) is 0 Å². The van der Waals surface area contributed by atoms with E-state index in [1.165, 1.54) is 6.07 Å². The van der Waals surface area contributed by atoms with Crippen molar-refractivity contribution >= 4 is 5.91 Å². The smallest absolute Gasteiger partial charge is 0.261 e. The van der Waals surface area contributed by atoms with Crippen molar-refractivity contribution in [1.29, 1.82) is 0 Å². The van der Waals surface area contributed by atoms with E-state index in [4.69, 9.17) is 6.42 Å². The van der Waals surface area contributed by atoms with Gasteiger partial charge in [0.1, 0.15) is 5.56 Å². The summed E-state index contributed by atoms with van der Waals surface area (Å²) in [6.07, 6.45) is 8.60. The molecule has 0 fully saturated rings. The number of rotatable bonds is 6. The van der Waals surface area contributed by atoms with Crippen LogP contribution in [0.2, 0.25) is 0 Å². The van der Waals surface area contributed by atoms with Crippen molar-refractivity contribution in [3.8, 4) is 12.3 Å². The molecule has 2 aliphatic rings. The van der Waals surface area contributed by atoms with Gasteiger partial charge in [-0.1, -0.05) is 0 Å². The molecule has 1 unspecified atom stereocenters. The fourth-order valence-electron chi connectivity index (χ4n) is 3.02. The van der Waals surface area contributed by atoms with Gasteiger partial charge in [0.2, 0.25) is 0 Å². The molecular formula is C17H20N4O3. The van der Waals surface area contributed by atoms with Crippen molar-refractivity contribution in [2.45, 2.75) is 50.3 Å². The van der Waals surface area contributed by atoms with Crippen molar-refractivity contribution < 1.29 is 9.90 Å². The van der Waals surface area contributed by atoms with Crippen LogP contribution in [0.3, 0.4) is 0 Å². The van der Waals surface area contributed by atoms with Gasteiger partial charge in [0, 0.05) is 37.1 Å². The van der Waals surface area contributed by atoms with Gasteiger partial charge in [0.05, 0.1) is 6.10 Å². The maximum absolute atomic E-state index is 12.3. The van der Waals surface area contributed by atoms with Crippen molar-refractivity contribution in [2.24, 2.45) is 10.2 Å². The van der Waals surface area contributed by atoms with Gasteiger partial charge in [-0.05, 0) is 25.3 Å². The molecule has 126 valence electrons. The lowest BCUT2D eigenvalue weighted by atomic mass is 9.92. The zero-order valence-electron chi connectivity index (χ0n) is 13.3. The van der Waals surface area contributed by atoms with Crippen LogP contribution in [-0.2, 0) is 6.42 Å². The maximum atomic E-state index is 12.3. The van der Waals surface area contributed by atoms with E-state index in [2.05, 4.69) is 26.4 Å². The highest BCUT2D eigenvalue weighted by atomic mass is 16.3. The number of hydrogen-bond acceptors (Lipinski definition) is 5. The average molecular weight is 328 g/mol. The van der Waals surface area contributed by atoms with Crippen LogP contribution >= 0.6 is 0 Å². The Labute approximate surface area is 139 Å². The Morgan fingerprint density at radius 3 is 3.00 bits per heavy atom. The fourth-order valence-corrected chi connectivity index (χ4v) is 3.02. The first-order valence-electron chi connectivity index (χ1n) is 8.14.